The second-order valence-corrected chi connectivity index (χ2v) is 9.67. The first-order valence-corrected chi connectivity index (χ1v) is 12.1. The number of benzene rings is 1. The third-order valence-corrected chi connectivity index (χ3v) is 6.47. The fraction of sp³-hybridized carbons (Fsp3) is 0.370. The Morgan fingerprint density at radius 2 is 1.94 bits per heavy atom. The van der Waals surface area contributed by atoms with Gasteiger partial charge in [0.1, 0.15) is 11.5 Å². The lowest BCUT2D eigenvalue weighted by Crippen LogP contribution is -2.49. The number of amides is 1. The molecule has 3 aromatic rings. The van der Waals surface area contributed by atoms with Crippen LogP contribution in [0.25, 0.3) is 10.9 Å². The van der Waals surface area contributed by atoms with Crippen LogP contribution in [0, 0.1) is 5.92 Å². The third-order valence-electron chi connectivity index (χ3n) is 6.47. The number of piperazine rings is 1. The summed E-state index contributed by atoms with van der Waals surface area (Å²) >= 11 is 0. The maximum Gasteiger partial charge on any atom is 0.242 e. The van der Waals surface area contributed by atoms with Gasteiger partial charge in [-0.3, -0.25) is 14.6 Å². The van der Waals surface area contributed by atoms with Gasteiger partial charge in [0, 0.05) is 50.2 Å². The van der Waals surface area contributed by atoms with Crippen LogP contribution in [0.1, 0.15) is 41.9 Å². The predicted octanol–water partition coefficient (Wildman–Crippen LogP) is 3.63. The van der Waals surface area contributed by atoms with Gasteiger partial charge in [-0.15, -0.1) is 0 Å². The summed E-state index contributed by atoms with van der Waals surface area (Å²) < 4.78 is 0. The van der Waals surface area contributed by atoms with Gasteiger partial charge in [0.15, 0.2) is 5.78 Å². The van der Waals surface area contributed by atoms with E-state index in [4.69, 9.17) is 4.98 Å². The largest absolute Gasteiger partial charge is 0.366 e. The van der Waals surface area contributed by atoms with E-state index in [0.717, 1.165) is 27.6 Å². The molecule has 3 heterocycles. The predicted molar refractivity (Wildman–Crippen MR) is 137 cm³/mol. The first-order chi connectivity index (χ1) is 16.9. The Labute approximate surface area is 205 Å². The molecule has 1 aliphatic carbocycles. The van der Waals surface area contributed by atoms with Crippen molar-refractivity contribution in [2.75, 3.05) is 36.9 Å². The van der Waals surface area contributed by atoms with Crippen LogP contribution in [0.4, 0.5) is 11.8 Å². The van der Waals surface area contributed by atoms with Gasteiger partial charge >= 0.3 is 0 Å². The van der Waals surface area contributed by atoms with E-state index in [1.54, 1.807) is 11.9 Å². The van der Waals surface area contributed by atoms with Crippen molar-refractivity contribution in [3.63, 3.8) is 0 Å². The van der Waals surface area contributed by atoms with Gasteiger partial charge in [-0.05, 0) is 30.0 Å². The highest BCUT2D eigenvalue weighted by Crippen LogP contribution is 2.32. The van der Waals surface area contributed by atoms with Crippen molar-refractivity contribution in [2.45, 2.75) is 33.2 Å². The summed E-state index contributed by atoms with van der Waals surface area (Å²) in [6.45, 7) is 6.17. The summed E-state index contributed by atoms with van der Waals surface area (Å²) in [6, 6.07) is 10.1. The molecule has 180 valence electrons. The van der Waals surface area contributed by atoms with Crippen molar-refractivity contribution < 1.29 is 9.59 Å². The molecule has 8 nitrogen and oxygen atoms in total. The molecule has 0 bridgehead atoms. The number of fused-ring (bicyclic) bond motifs is 2. The number of carbonyl (C=O) groups excluding carboxylic acids is 2. The second kappa shape index (κ2) is 9.44. The summed E-state index contributed by atoms with van der Waals surface area (Å²) in [4.78, 5) is 43.1. The second-order valence-electron chi connectivity index (χ2n) is 9.67. The van der Waals surface area contributed by atoms with E-state index in [-0.39, 0.29) is 18.2 Å². The third kappa shape index (κ3) is 4.87. The molecule has 1 fully saturated rings. The normalized spacial score (nSPS) is 17.4. The van der Waals surface area contributed by atoms with Crippen molar-refractivity contribution >= 4 is 34.4 Å². The number of allylic oxidation sites excluding steroid dienone is 2. The summed E-state index contributed by atoms with van der Waals surface area (Å²) in [7, 11) is 1.80. The van der Waals surface area contributed by atoms with E-state index < -0.39 is 0 Å². The fourth-order valence-corrected chi connectivity index (χ4v) is 4.65. The average molecular weight is 471 g/mol. The number of hydrogen-bond donors (Lipinski definition) is 1. The molecule has 0 atom stereocenters. The molecule has 35 heavy (non-hydrogen) atoms. The topological polar surface area (TPSA) is 91.3 Å². The van der Waals surface area contributed by atoms with Crippen molar-refractivity contribution in [1.82, 2.24) is 19.9 Å². The van der Waals surface area contributed by atoms with Crippen LogP contribution < -0.4 is 10.2 Å². The zero-order valence-corrected chi connectivity index (χ0v) is 20.4. The minimum absolute atomic E-state index is 0.00215. The lowest BCUT2D eigenvalue weighted by Gasteiger charge is -2.33. The quantitative estimate of drug-likeness (QED) is 0.570. The molecule has 2 aliphatic rings. The van der Waals surface area contributed by atoms with Crippen LogP contribution in [0.3, 0.4) is 0 Å². The molecule has 8 heteroatoms. The van der Waals surface area contributed by atoms with Gasteiger partial charge in [0.25, 0.3) is 0 Å². The number of rotatable bonds is 5. The smallest absolute Gasteiger partial charge is 0.242 e. The number of ketones is 1. The standard InChI is InChI=1S/C27H30N6O2/c1-17(2)10-18-12-21-25(23(34)13-18)30-27(33-9-8-32(3)24(35)16-33)31-26(21)29-15-19-11-20-6-4-5-7-22(20)28-14-19/h4-7,10-11,14,17H,8-9,12-13,15-16H2,1-3H3,(H,29,30,31). The van der Waals surface area contributed by atoms with E-state index in [1.165, 1.54) is 0 Å². The molecule has 0 spiro atoms. The fourth-order valence-electron chi connectivity index (χ4n) is 4.65. The van der Waals surface area contributed by atoms with Crippen LogP contribution in [0.15, 0.2) is 48.2 Å². The number of hydrogen-bond acceptors (Lipinski definition) is 7. The highest BCUT2D eigenvalue weighted by Gasteiger charge is 2.30. The molecule has 1 aromatic carbocycles. The molecule has 5 rings (SSSR count). The minimum Gasteiger partial charge on any atom is -0.366 e. The van der Waals surface area contributed by atoms with Crippen LogP contribution in [-0.4, -0.2) is 58.2 Å². The number of aromatic nitrogens is 3. The van der Waals surface area contributed by atoms with Crippen molar-refractivity contribution in [1.29, 1.82) is 0 Å². The maximum absolute atomic E-state index is 13.1. The molecule has 1 amide bonds. The van der Waals surface area contributed by atoms with Crippen LogP contribution in [0.5, 0.6) is 0 Å². The van der Waals surface area contributed by atoms with Crippen LogP contribution in [0.2, 0.25) is 0 Å². The SMILES string of the molecule is CC(C)C=C1CC(=O)c2nc(N3CCN(C)C(=O)C3)nc(NCc3cnc4ccccc4c3)c2C1. The van der Waals surface area contributed by atoms with Gasteiger partial charge in [0.05, 0.1) is 12.1 Å². The summed E-state index contributed by atoms with van der Waals surface area (Å²) in [6.07, 6.45) is 5.03. The maximum atomic E-state index is 13.1. The number of nitrogens with one attached hydrogen (secondary N) is 1. The molecule has 1 N–H and O–H groups in total. The van der Waals surface area contributed by atoms with Crippen molar-refractivity contribution in [3.05, 3.63) is 65.0 Å². The van der Waals surface area contributed by atoms with Gasteiger partial charge in [-0.1, -0.05) is 43.7 Å². The van der Waals surface area contributed by atoms with E-state index in [2.05, 4.69) is 41.3 Å². The van der Waals surface area contributed by atoms with Crippen molar-refractivity contribution in [2.24, 2.45) is 5.92 Å². The van der Waals surface area contributed by atoms with Gasteiger partial charge in [-0.25, -0.2) is 4.98 Å². The summed E-state index contributed by atoms with van der Waals surface area (Å²) in [5.41, 5.74) is 4.35. The Kier molecular flexibility index (Phi) is 6.19. The average Bonchev–Trinajstić information content (AvgIpc) is 2.84. The minimum atomic E-state index is -0.00215. The molecule has 0 radical (unpaired) electrons. The van der Waals surface area contributed by atoms with Crippen LogP contribution in [-0.2, 0) is 17.8 Å². The molecule has 2 aromatic heterocycles. The number of Topliss-reactive ketones (excluding diaryl/α,β-unsaturated/α-hetero) is 1. The van der Waals surface area contributed by atoms with E-state index in [1.807, 2.05) is 35.4 Å². The Balaban J connectivity index is 1.50. The molecule has 1 aliphatic heterocycles. The highest BCUT2D eigenvalue weighted by molar-refractivity contribution is 6.00. The van der Waals surface area contributed by atoms with Crippen molar-refractivity contribution in [3.8, 4) is 0 Å². The Morgan fingerprint density at radius 1 is 1.11 bits per heavy atom. The molecule has 0 saturated carbocycles. The van der Waals surface area contributed by atoms with E-state index in [0.29, 0.717) is 55.9 Å². The lowest BCUT2D eigenvalue weighted by atomic mass is 9.89. The number of likely N-dealkylation sites (N-methyl/N-ethyl adjacent to an activating group) is 1. The zero-order chi connectivity index (χ0) is 24.5. The Hall–Kier alpha value is -3.81. The monoisotopic (exact) mass is 470 g/mol. The molecular weight excluding hydrogens is 440 g/mol. The van der Waals surface area contributed by atoms with Gasteiger partial charge in [-0.2, -0.15) is 4.98 Å². The zero-order valence-electron chi connectivity index (χ0n) is 20.4. The Bertz CT molecular complexity index is 1330. The molecular formula is C27H30N6O2. The van der Waals surface area contributed by atoms with Gasteiger partial charge in [0.2, 0.25) is 11.9 Å². The number of carbonyl (C=O) groups is 2. The first-order valence-electron chi connectivity index (χ1n) is 12.1. The van der Waals surface area contributed by atoms with E-state index in [9.17, 15) is 9.59 Å². The summed E-state index contributed by atoms with van der Waals surface area (Å²) in [5, 5.41) is 4.53. The van der Waals surface area contributed by atoms with Crippen LogP contribution >= 0.6 is 0 Å². The summed E-state index contributed by atoms with van der Waals surface area (Å²) in [5.74, 6) is 1.44. The first kappa shape index (κ1) is 23.0. The molecule has 1 saturated heterocycles. The number of anilines is 2. The van der Waals surface area contributed by atoms with E-state index >= 15 is 0 Å². The number of para-hydroxylation sites is 1. The number of pyridine rings is 1. The highest BCUT2D eigenvalue weighted by atomic mass is 16.2. The number of nitrogens with zero attached hydrogens (tertiary/aromatic N) is 5. The molecule has 0 unspecified atom stereocenters. The lowest BCUT2D eigenvalue weighted by molar-refractivity contribution is -0.129. The Morgan fingerprint density at radius 3 is 2.74 bits per heavy atom. The van der Waals surface area contributed by atoms with Gasteiger partial charge < -0.3 is 15.1 Å².